The van der Waals surface area contributed by atoms with Crippen molar-refractivity contribution in [3.8, 4) is 0 Å². The van der Waals surface area contributed by atoms with E-state index in [1.807, 2.05) is 0 Å². The molecular formula is C18H27N3O5S. The third-order valence-electron chi connectivity index (χ3n) is 4.98. The first-order valence-electron chi connectivity index (χ1n) is 9.58. The molecule has 1 N–H and O–H groups in total. The minimum Gasteiger partial charge on any atom is -0.379 e. The maximum atomic E-state index is 12.9. The molecule has 27 heavy (non-hydrogen) atoms. The van der Waals surface area contributed by atoms with Gasteiger partial charge in [-0.25, -0.2) is 8.42 Å². The zero-order valence-electron chi connectivity index (χ0n) is 15.4. The molecule has 0 spiro atoms. The van der Waals surface area contributed by atoms with Gasteiger partial charge in [0, 0.05) is 32.3 Å². The van der Waals surface area contributed by atoms with Gasteiger partial charge >= 0.3 is 0 Å². The number of nitro groups is 1. The predicted molar refractivity (Wildman–Crippen MR) is 102 cm³/mol. The molecule has 2 fully saturated rings. The van der Waals surface area contributed by atoms with Crippen molar-refractivity contribution in [3.63, 3.8) is 0 Å². The lowest BCUT2D eigenvalue weighted by molar-refractivity contribution is -0.384. The number of ether oxygens (including phenoxy) is 1. The zero-order valence-corrected chi connectivity index (χ0v) is 16.2. The minimum atomic E-state index is -3.71. The van der Waals surface area contributed by atoms with Crippen molar-refractivity contribution < 1.29 is 18.1 Å². The molecule has 0 unspecified atom stereocenters. The number of nitrogens with one attached hydrogen (secondary N) is 1. The van der Waals surface area contributed by atoms with Crippen LogP contribution < -0.4 is 5.32 Å². The van der Waals surface area contributed by atoms with E-state index >= 15 is 0 Å². The molecule has 0 amide bonds. The summed E-state index contributed by atoms with van der Waals surface area (Å²) >= 11 is 0. The van der Waals surface area contributed by atoms with E-state index in [0.717, 1.165) is 38.4 Å². The van der Waals surface area contributed by atoms with Crippen LogP contribution in [0.2, 0.25) is 0 Å². The van der Waals surface area contributed by atoms with Gasteiger partial charge in [-0.15, -0.1) is 0 Å². The maximum absolute atomic E-state index is 12.9. The maximum Gasteiger partial charge on any atom is 0.293 e. The highest BCUT2D eigenvalue weighted by Crippen LogP contribution is 2.30. The van der Waals surface area contributed by atoms with Gasteiger partial charge in [0.05, 0.1) is 16.4 Å². The van der Waals surface area contributed by atoms with Gasteiger partial charge in [0.1, 0.15) is 5.69 Å². The van der Waals surface area contributed by atoms with Crippen LogP contribution in [0.5, 0.6) is 0 Å². The molecule has 2 aliphatic rings. The van der Waals surface area contributed by atoms with Gasteiger partial charge in [-0.05, 0) is 43.7 Å². The fourth-order valence-corrected chi connectivity index (χ4v) is 4.73. The van der Waals surface area contributed by atoms with E-state index in [1.165, 1.54) is 29.3 Å². The van der Waals surface area contributed by atoms with Crippen molar-refractivity contribution in [2.24, 2.45) is 5.92 Å². The Morgan fingerprint density at radius 1 is 1.19 bits per heavy atom. The summed E-state index contributed by atoms with van der Waals surface area (Å²) in [7, 11) is -3.71. The Kier molecular flexibility index (Phi) is 6.67. The van der Waals surface area contributed by atoms with Crippen LogP contribution in [0.15, 0.2) is 23.1 Å². The molecule has 8 nitrogen and oxygen atoms in total. The Morgan fingerprint density at radius 2 is 1.89 bits per heavy atom. The van der Waals surface area contributed by atoms with Crippen LogP contribution in [0.25, 0.3) is 0 Å². The van der Waals surface area contributed by atoms with Crippen molar-refractivity contribution >= 4 is 21.4 Å². The molecule has 1 aromatic rings. The van der Waals surface area contributed by atoms with Gasteiger partial charge in [-0.1, -0.05) is 12.8 Å². The molecule has 9 heteroatoms. The number of rotatable bonds is 9. The molecule has 3 rings (SSSR count). The minimum absolute atomic E-state index is 0.0216. The van der Waals surface area contributed by atoms with E-state index in [0.29, 0.717) is 37.8 Å². The number of benzene rings is 1. The number of nitro benzene ring substituents is 1. The molecule has 1 aromatic carbocycles. The van der Waals surface area contributed by atoms with Crippen molar-refractivity contribution in [1.29, 1.82) is 0 Å². The molecule has 0 radical (unpaired) electrons. The first kappa shape index (κ1) is 20.0. The molecule has 1 aliphatic carbocycles. The number of hydrogen-bond acceptors (Lipinski definition) is 6. The molecule has 0 aromatic heterocycles. The normalized spacial score (nSPS) is 18.8. The smallest absolute Gasteiger partial charge is 0.293 e. The van der Waals surface area contributed by atoms with E-state index < -0.39 is 14.9 Å². The third-order valence-corrected chi connectivity index (χ3v) is 6.88. The van der Waals surface area contributed by atoms with E-state index in [2.05, 4.69) is 5.32 Å². The lowest BCUT2D eigenvalue weighted by Crippen LogP contribution is -2.32. The predicted octanol–water partition coefficient (Wildman–Crippen LogP) is 3.00. The summed E-state index contributed by atoms with van der Waals surface area (Å²) < 4.78 is 32.7. The Labute approximate surface area is 160 Å². The van der Waals surface area contributed by atoms with Crippen LogP contribution in [0.3, 0.4) is 0 Å². The lowest BCUT2D eigenvalue weighted by Gasteiger charge is -2.20. The second-order valence-corrected chi connectivity index (χ2v) is 9.14. The Bertz CT molecular complexity index is 756. The first-order valence-corrected chi connectivity index (χ1v) is 11.0. The summed E-state index contributed by atoms with van der Waals surface area (Å²) in [6.07, 6.45) is 6.09. The van der Waals surface area contributed by atoms with Crippen LogP contribution in [0.1, 0.15) is 38.5 Å². The van der Waals surface area contributed by atoms with Crippen molar-refractivity contribution in [1.82, 2.24) is 4.31 Å². The zero-order chi connectivity index (χ0) is 19.3. The van der Waals surface area contributed by atoms with Crippen LogP contribution >= 0.6 is 0 Å². The molecule has 1 aliphatic heterocycles. The van der Waals surface area contributed by atoms with Gasteiger partial charge < -0.3 is 10.1 Å². The fraction of sp³-hybridized carbons (Fsp3) is 0.667. The highest BCUT2D eigenvalue weighted by Gasteiger charge is 2.28. The average Bonchev–Trinajstić information content (AvgIpc) is 3.48. The number of nitrogens with zero attached hydrogens (tertiary/aromatic N) is 2. The quantitative estimate of drug-likeness (QED) is 0.390. The van der Waals surface area contributed by atoms with Gasteiger partial charge in [-0.2, -0.15) is 4.31 Å². The molecule has 0 atom stereocenters. The standard InChI is InChI=1S/C18H27N3O5S/c22-21(23)18-13-16(27(24,25)20-10-3-1-2-4-11-20)7-8-17(18)19-9-12-26-14-15-5-6-15/h7-8,13,15,19H,1-6,9-12,14H2. The molecule has 150 valence electrons. The van der Waals surface area contributed by atoms with Crippen LogP contribution in [-0.2, 0) is 14.8 Å². The molecule has 1 heterocycles. The molecule has 1 saturated carbocycles. The van der Waals surface area contributed by atoms with E-state index in [9.17, 15) is 18.5 Å². The summed E-state index contributed by atoms with van der Waals surface area (Å²) in [5.74, 6) is 0.669. The lowest BCUT2D eigenvalue weighted by atomic mass is 10.2. The van der Waals surface area contributed by atoms with E-state index in [-0.39, 0.29) is 10.6 Å². The SMILES string of the molecule is O=[N+]([O-])c1cc(S(=O)(=O)N2CCCCCC2)ccc1NCCOCC1CC1. The molecule has 1 saturated heterocycles. The number of anilines is 1. The highest BCUT2D eigenvalue weighted by molar-refractivity contribution is 7.89. The molecular weight excluding hydrogens is 370 g/mol. The highest BCUT2D eigenvalue weighted by atomic mass is 32.2. The van der Waals surface area contributed by atoms with Gasteiger partial charge in [0.15, 0.2) is 0 Å². The number of hydrogen-bond donors (Lipinski definition) is 1. The van der Waals surface area contributed by atoms with Crippen molar-refractivity contribution in [3.05, 3.63) is 28.3 Å². The van der Waals surface area contributed by atoms with Crippen LogP contribution in [0, 0.1) is 16.0 Å². The Morgan fingerprint density at radius 3 is 2.52 bits per heavy atom. The second-order valence-electron chi connectivity index (χ2n) is 7.20. The largest absolute Gasteiger partial charge is 0.379 e. The van der Waals surface area contributed by atoms with E-state index in [1.54, 1.807) is 0 Å². The Hall–Kier alpha value is -1.71. The van der Waals surface area contributed by atoms with Gasteiger partial charge in [-0.3, -0.25) is 10.1 Å². The average molecular weight is 397 g/mol. The molecule has 0 bridgehead atoms. The number of sulfonamides is 1. The summed E-state index contributed by atoms with van der Waals surface area (Å²) in [5, 5.41) is 14.4. The van der Waals surface area contributed by atoms with E-state index in [4.69, 9.17) is 4.74 Å². The Balaban J connectivity index is 1.68. The summed E-state index contributed by atoms with van der Waals surface area (Å²) in [6, 6.07) is 4.08. The topological polar surface area (TPSA) is 102 Å². The first-order chi connectivity index (χ1) is 13.0. The third kappa shape index (κ3) is 5.40. The summed E-state index contributed by atoms with van der Waals surface area (Å²) in [6.45, 7) is 2.56. The second kappa shape index (κ2) is 8.99. The monoisotopic (exact) mass is 397 g/mol. The summed E-state index contributed by atoms with van der Waals surface area (Å²) in [5.41, 5.74) is 0.0814. The van der Waals surface area contributed by atoms with Crippen molar-refractivity contribution in [2.45, 2.75) is 43.4 Å². The van der Waals surface area contributed by atoms with Gasteiger partial charge in [0.2, 0.25) is 10.0 Å². The van der Waals surface area contributed by atoms with Crippen LogP contribution in [-0.4, -0.2) is 50.5 Å². The fourth-order valence-electron chi connectivity index (χ4n) is 3.20. The van der Waals surface area contributed by atoms with Crippen molar-refractivity contribution in [2.75, 3.05) is 38.2 Å². The van der Waals surface area contributed by atoms with Gasteiger partial charge in [0.25, 0.3) is 5.69 Å². The summed E-state index contributed by atoms with van der Waals surface area (Å²) in [4.78, 5) is 10.9. The van der Waals surface area contributed by atoms with Crippen LogP contribution in [0.4, 0.5) is 11.4 Å².